The number of hydrogen-bond donors (Lipinski definition) is 1. The van der Waals surface area contributed by atoms with Crippen molar-refractivity contribution in [3.63, 3.8) is 0 Å². The first kappa shape index (κ1) is 15.7. The molecule has 0 spiro atoms. The Labute approximate surface area is 146 Å². The van der Waals surface area contributed by atoms with Gasteiger partial charge in [0.25, 0.3) is 0 Å². The second-order valence-corrected chi connectivity index (χ2v) is 7.36. The molecule has 3 unspecified atom stereocenters. The van der Waals surface area contributed by atoms with Crippen LogP contribution in [0.4, 0.5) is 5.13 Å². The molecule has 1 N–H and O–H groups in total. The first-order valence-electron chi connectivity index (χ1n) is 8.53. The van der Waals surface area contributed by atoms with Crippen molar-refractivity contribution in [3.8, 4) is 0 Å². The predicted molar refractivity (Wildman–Crippen MR) is 96.4 cm³/mol. The third kappa shape index (κ3) is 3.50. The number of piperazine rings is 1. The zero-order valence-corrected chi connectivity index (χ0v) is 14.5. The Morgan fingerprint density at radius 3 is 2.96 bits per heavy atom. The number of aromatic nitrogens is 1. The molecule has 0 saturated carbocycles. The molecule has 3 aliphatic rings. The molecular weight excluding hydrogens is 320 g/mol. The van der Waals surface area contributed by atoms with E-state index < -0.39 is 0 Å². The summed E-state index contributed by atoms with van der Waals surface area (Å²) >= 11 is 1.51. The quantitative estimate of drug-likeness (QED) is 0.924. The zero-order chi connectivity index (χ0) is 16.4. The molecular formula is C18H22N4OS. The number of nitrogens with one attached hydrogen (secondary N) is 1. The third-order valence-corrected chi connectivity index (χ3v) is 5.61. The number of thiazole rings is 1. The second-order valence-electron chi connectivity index (χ2n) is 6.50. The van der Waals surface area contributed by atoms with E-state index in [-0.39, 0.29) is 11.9 Å². The van der Waals surface area contributed by atoms with Crippen LogP contribution in [0.3, 0.4) is 0 Å². The lowest BCUT2D eigenvalue weighted by Crippen LogP contribution is -2.55. The third-order valence-electron chi connectivity index (χ3n) is 4.81. The van der Waals surface area contributed by atoms with Crippen LogP contribution in [0, 0.1) is 0 Å². The van der Waals surface area contributed by atoms with Crippen molar-refractivity contribution in [2.24, 2.45) is 0 Å². The predicted octanol–water partition coefficient (Wildman–Crippen LogP) is 2.06. The highest BCUT2D eigenvalue weighted by atomic mass is 32.1. The first-order chi connectivity index (χ1) is 11.8. The molecule has 24 heavy (non-hydrogen) atoms. The van der Waals surface area contributed by atoms with Crippen LogP contribution in [0.25, 0.3) is 0 Å². The summed E-state index contributed by atoms with van der Waals surface area (Å²) in [6.07, 6.45) is 1.96. The van der Waals surface area contributed by atoms with Crippen LogP contribution in [-0.4, -0.2) is 59.5 Å². The Kier molecular flexibility index (Phi) is 4.60. The van der Waals surface area contributed by atoms with E-state index in [9.17, 15) is 4.79 Å². The average molecular weight is 342 g/mol. The average Bonchev–Trinajstić information content (AvgIpc) is 2.82. The van der Waals surface area contributed by atoms with Crippen LogP contribution >= 0.6 is 11.3 Å². The van der Waals surface area contributed by atoms with Crippen molar-refractivity contribution in [1.82, 2.24) is 14.8 Å². The standard InChI is InChI=1S/C18H22N4OS/c23-17(16-12-21-7-4-8-22(16)10-9-21)20-18-19-15(13-24-18)11-14-5-2-1-3-6-14/h1-3,5-6,13,16H,4,7-12H2,(H,19,20,23). The Morgan fingerprint density at radius 1 is 1.21 bits per heavy atom. The molecule has 0 radical (unpaired) electrons. The summed E-state index contributed by atoms with van der Waals surface area (Å²) in [7, 11) is 0. The fraction of sp³-hybridized carbons (Fsp3) is 0.444. The fourth-order valence-electron chi connectivity index (χ4n) is 3.53. The number of carbonyl (C=O) groups excluding carboxylic acids is 1. The van der Waals surface area contributed by atoms with Crippen molar-refractivity contribution < 1.29 is 4.79 Å². The number of hydrogen-bond acceptors (Lipinski definition) is 5. The monoisotopic (exact) mass is 342 g/mol. The molecule has 1 amide bonds. The van der Waals surface area contributed by atoms with Gasteiger partial charge in [0, 0.05) is 38.0 Å². The Hall–Kier alpha value is -1.76. The van der Waals surface area contributed by atoms with E-state index in [0.717, 1.165) is 51.3 Å². The molecule has 4 heterocycles. The van der Waals surface area contributed by atoms with Gasteiger partial charge in [-0.05, 0) is 18.5 Å². The Bertz CT molecular complexity index is 698. The second kappa shape index (κ2) is 7.01. The molecule has 3 saturated heterocycles. The summed E-state index contributed by atoms with van der Waals surface area (Å²) in [5.74, 6) is 0.0854. The molecule has 1 aromatic carbocycles. The smallest absolute Gasteiger partial charge is 0.244 e. The van der Waals surface area contributed by atoms with Crippen LogP contribution < -0.4 is 5.32 Å². The maximum Gasteiger partial charge on any atom is 0.244 e. The first-order valence-corrected chi connectivity index (χ1v) is 9.41. The van der Waals surface area contributed by atoms with Gasteiger partial charge in [-0.2, -0.15) is 0 Å². The molecule has 6 heteroatoms. The summed E-state index contributed by atoms with van der Waals surface area (Å²) in [6.45, 7) is 5.05. The molecule has 126 valence electrons. The number of benzene rings is 1. The molecule has 1 aromatic heterocycles. The van der Waals surface area contributed by atoms with Gasteiger partial charge in [0.2, 0.25) is 5.91 Å². The lowest BCUT2D eigenvalue weighted by molar-refractivity contribution is -0.122. The molecule has 0 aliphatic carbocycles. The van der Waals surface area contributed by atoms with Crippen molar-refractivity contribution in [2.75, 3.05) is 38.0 Å². The van der Waals surface area contributed by atoms with Gasteiger partial charge in [-0.3, -0.25) is 14.6 Å². The summed E-state index contributed by atoms with van der Waals surface area (Å²) in [6, 6.07) is 10.2. The van der Waals surface area contributed by atoms with Crippen molar-refractivity contribution in [3.05, 3.63) is 47.0 Å². The summed E-state index contributed by atoms with van der Waals surface area (Å²) in [5.41, 5.74) is 2.24. The van der Waals surface area contributed by atoms with E-state index in [1.54, 1.807) is 0 Å². The minimum Gasteiger partial charge on any atom is -0.301 e. The van der Waals surface area contributed by atoms with Gasteiger partial charge in [0.1, 0.15) is 6.04 Å². The molecule has 3 fully saturated rings. The number of carbonyl (C=O) groups is 1. The highest BCUT2D eigenvalue weighted by Gasteiger charge is 2.34. The fourth-order valence-corrected chi connectivity index (χ4v) is 4.25. The lowest BCUT2D eigenvalue weighted by atomic mass is 10.1. The molecule has 5 nitrogen and oxygen atoms in total. The van der Waals surface area contributed by atoms with E-state index in [2.05, 4.69) is 32.2 Å². The SMILES string of the molecule is O=C(Nc1nc(Cc2ccccc2)cs1)C1CN2CCCN1CC2. The number of nitrogens with zero attached hydrogens (tertiary/aromatic N) is 3. The summed E-state index contributed by atoms with van der Waals surface area (Å²) in [5, 5.41) is 5.77. The van der Waals surface area contributed by atoms with Gasteiger partial charge in [-0.1, -0.05) is 30.3 Å². The topological polar surface area (TPSA) is 48.5 Å². The maximum atomic E-state index is 12.7. The van der Waals surface area contributed by atoms with Crippen LogP contribution in [0.1, 0.15) is 17.7 Å². The van der Waals surface area contributed by atoms with Gasteiger partial charge in [0.05, 0.1) is 5.69 Å². The van der Waals surface area contributed by atoms with E-state index >= 15 is 0 Å². The van der Waals surface area contributed by atoms with Gasteiger partial charge in [-0.25, -0.2) is 4.98 Å². The zero-order valence-electron chi connectivity index (χ0n) is 13.6. The summed E-state index contributed by atoms with van der Waals surface area (Å²) in [4.78, 5) is 22.0. The van der Waals surface area contributed by atoms with Crippen LogP contribution in [-0.2, 0) is 11.2 Å². The highest BCUT2D eigenvalue weighted by molar-refractivity contribution is 7.13. The van der Waals surface area contributed by atoms with E-state index in [1.807, 2.05) is 23.6 Å². The molecule has 3 aliphatic heterocycles. The van der Waals surface area contributed by atoms with Crippen LogP contribution in [0.2, 0.25) is 0 Å². The number of anilines is 1. The largest absolute Gasteiger partial charge is 0.301 e. The molecule has 3 atom stereocenters. The maximum absolute atomic E-state index is 12.7. The Morgan fingerprint density at radius 2 is 2.08 bits per heavy atom. The van der Waals surface area contributed by atoms with Crippen molar-refractivity contribution >= 4 is 22.4 Å². The summed E-state index contributed by atoms with van der Waals surface area (Å²) < 4.78 is 0. The highest BCUT2D eigenvalue weighted by Crippen LogP contribution is 2.21. The van der Waals surface area contributed by atoms with Crippen LogP contribution in [0.15, 0.2) is 35.7 Å². The number of rotatable bonds is 4. The van der Waals surface area contributed by atoms with Gasteiger partial charge in [0.15, 0.2) is 5.13 Å². The van der Waals surface area contributed by atoms with E-state index in [4.69, 9.17) is 0 Å². The minimum atomic E-state index is -0.0391. The van der Waals surface area contributed by atoms with Crippen LogP contribution in [0.5, 0.6) is 0 Å². The molecule has 5 rings (SSSR count). The Balaban J connectivity index is 1.39. The lowest BCUT2D eigenvalue weighted by Gasteiger charge is -2.36. The number of amides is 1. The van der Waals surface area contributed by atoms with E-state index in [0.29, 0.717) is 5.13 Å². The van der Waals surface area contributed by atoms with Gasteiger partial charge in [-0.15, -0.1) is 11.3 Å². The molecule has 2 aromatic rings. The van der Waals surface area contributed by atoms with Crippen molar-refractivity contribution in [1.29, 1.82) is 0 Å². The number of fused-ring (bicyclic) bond motifs is 4. The van der Waals surface area contributed by atoms with E-state index in [1.165, 1.54) is 16.9 Å². The van der Waals surface area contributed by atoms with Crippen molar-refractivity contribution in [2.45, 2.75) is 18.9 Å². The van der Waals surface area contributed by atoms with Gasteiger partial charge < -0.3 is 5.32 Å². The normalized spacial score (nSPS) is 26.1. The molecule has 2 bridgehead atoms. The van der Waals surface area contributed by atoms with Gasteiger partial charge >= 0.3 is 0 Å². The minimum absolute atomic E-state index is 0.0391.